The molecule has 19 heavy (non-hydrogen) atoms. The second-order valence-electron chi connectivity index (χ2n) is 5.01. The number of hydrogen-bond acceptors (Lipinski definition) is 3. The summed E-state index contributed by atoms with van der Waals surface area (Å²) in [5.41, 5.74) is 1.62. The maximum Gasteiger partial charge on any atom is 0.0998 e. The molecule has 0 bridgehead atoms. The highest BCUT2D eigenvalue weighted by atomic mass is 16.3. The van der Waals surface area contributed by atoms with Crippen molar-refractivity contribution in [3.63, 3.8) is 0 Å². The van der Waals surface area contributed by atoms with E-state index < -0.39 is 0 Å². The van der Waals surface area contributed by atoms with Crippen LogP contribution in [0.2, 0.25) is 0 Å². The maximum atomic E-state index is 9.85. The van der Waals surface area contributed by atoms with Crippen LogP contribution >= 0.6 is 0 Å². The second kappa shape index (κ2) is 5.73. The summed E-state index contributed by atoms with van der Waals surface area (Å²) >= 11 is 0. The zero-order valence-corrected chi connectivity index (χ0v) is 11.2. The summed E-state index contributed by atoms with van der Waals surface area (Å²) in [6.07, 6.45) is -0.380. The van der Waals surface area contributed by atoms with Gasteiger partial charge in [0.05, 0.1) is 17.7 Å². The molecular weight excluding hydrogens is 236 g/mol. The van der Waals surface area contributed by atoms with E-state index in [9.17, 15) is 5.11 Å². The Morgan fingerprint density at radius 3 is 2.47 bits per heavy atom. The Morgan fingerprint density at radius 1 is 1.16 bits per heavy atom. The van der Waals surface area contributed by atoms with E-state index in [0.29, 0.717) is 12.1 Å². The van der Waals surface area contributed by atoms with Gasteiger partial charge in [-0.2, -0.15) is 5.26 Å². The minimum Gasteiger partial charge on any atom is -0.391 e. The van der Waals surface area contributed by atoms with Gasteiger partial charge in [-0.3, -0.25) is 0 Å². The van der Waals surface area contributed by atoms with E-state index >= 15 is 0 Å². The fourth-order valence-electron chi connectivity index (χ4n) is 2.00. The SMILES string of the molecule is CC(C)C(O)CNc1ccc(C#N)c2ccccc12. The van der Waals surface area contributed by atoms with Gasteiger partial charge in [-0.1, -0.05) is 38.1 Å². The van der Waals surface area contributed by atoms with Gasteiger partial charge >= 0.3 is 0 Å². The molecule has 0 aliphatic carbocycles. The standard InChI is InChI=1S/C16H18N2O/c1-11(2)16(19)10-18-15-8-7-12(9-17)13-5-3-4-6-14(13)15/h3-8,11,16,18-19H,10H2,1-2H3. The minimum absolute atomic E-state index is 0.220. The molecule has 2 aromatic carbocycles. The third kappa shape index (κ3) is 2.86. The van der Waals surface area contributed by atoms with Crippen LogP contribution in [-0.4, -0.2) is 17.8 Å². The van der Waals surface area contributed by atoms with E-state index in [4.69, 9.17) is 5.26 Å². The van der Waals surface area contributed by atoms with E-state index in [1.807, 2.05) is 50.2 Å². The van der Waals surface area contributed by atoms with Crippen LogP contribution < -0.4 is 5.32 Å². The number of nitriles is 1. The number of anilines is 1. The normalized spacial score (nSPS) is 12.4. The molecular formula is C16H18N2O. The zero-order valence-electron chi connectivity index (χ0n) is 11.2. The Bertz CT molecular complexity index is 614. The maximum absolute atomic E-state index is 9.85. The predicted molar refractivity (Wildman–Crippen MR) is 78.0 cm³/mol. The van der Waals surface area contributed by atoms with Crippen LogP contribution in [0.25, 0.3) is 10.8 Å². The van der Waals surface area contributed by atoms with E-state index in [0.717, 1.165) is 16.5 Å². The lowest BCUT2D eigenvalue weighted by Crippen LogP contribution is -2.24. The van der Waals surface area contributed by atoms with Gasteiger partial charge in [0.1, 0.15) is 0 Å². The topological polar surface area (TPSA) is 56.0 Å². The Balaban J connectivity index is 2.32. The summed E-state index contributed by atoms with van der Waals surface area (Å²) in [6.45, 7) is 4.49. The van der Waals surface area contributed by atoms with Crippen LogP contribution in [0.15, 0.2) is 36.4 Å². The van der Waals surface area contributed by atoms with Crippen molar-refractivity contribution in [1.29, 1.82) is 5.26 Å². The van der Waals surface area contributed by atoms with Gasteiger partial charge in [0.2, 0.25) is 0 Å². The van der Waals surface area contributed by atoms with Crippen LogP contribution in [0.4, 0.5) is 5.69 Å². The molecule has 0 aromatic heterocycles. The van der Waals surface area contributed by atoms with Crippen molar-refractivity contribution in [2.24, 2.45) is 5.92 Å². The first-order chi connectivity index (χ1) is 9.13. The van der Waals surface area contributed by atoms with Crippen LogP contribution in [0.3, 0.4) is 0 Å². The van der Waals surface area contributed by atoms with Gasteiger partial charge in [-0.05, 0) is 18.1 Å². The lowest BCUT2D eigenvalue weighted by Gasteiger charge is -2.17. The summed E-state index contributed by atoms with van der Waals surface area (Å²) in [5, 5.41) is 24.2. The quantitative estimate of drug-likeness (QED) is 0.881. The number of rotatable bonds is 4. The smallest absolute Gasteiger partial charge is 0.0998 e. The van der Waals surface area contributed by atoms with E-state index in [1.54, 1.807) is 0 Å². The first-order valence-electron chi connectivity index (χ1n) is 6.47. The van der Waals surface area contributed by atoms with Crippen molar-refractivity contribution in [3.05, 3.63) is 42.0 Å². The third-order valence-corrected chi connectivity index (χ3v) is 3.32. The number of aliphatic hydroxyl groups excluding tert-OH is 1. The average molecular weight is 254 g/mol. The van der Waals surface area contributed by atoms with Crippen LogP contribution in [0, 0.1) is 17.2 Å². The van der Waals surface area contributed by atoms with Crippen molar-refractivity contribution < 1.29 is 5.11 Å². The van der Waals surface area contributed by atoms with Crippen molar-refractivity contribution in [2.75, 3.05) is 11.9 Å². The molecule has 1 atom stereocenters. The first-order valence-corrected chi connectivity index (χ1v) is 6.47. The molecule has 0 fully saturated rings. The van der Waals surface area contributed by atoms with E-state index in [2.05, 4.69) is 11.4 Å². The third-order valence-electron chi connectivity index (χ3n) is 3.32. The molecule has 0 heterocycles. The van der Waals surface area contributed by atoms with Gasteiger partial charge in [0, 0.05) is 23.0 Å². The summed E-state index contributed by atoms with van der Waals surface area (Å²) in [5.74, 6) is 0.220. The Morgan fingerprint density at radius 2 is 1.84 bits per heavy atom. The fraction of sp³-hybridized carbons (Fsp3) is 0.312. The summed E-state index contributed by atoms with van der Waals surface area (Å²) in [6, 6.07) is 13.7. The number of benzene rings is 2. The van der Waals surface area contributed by atoms with Crippen molar-refractivity contribution in [3.8, 4) is 6.07 Å². The van der Waals surface area contributed by atoms with Crippen LogP contribution in [-0.2, 0) is 0 Å². The molecule has 0 amide bonds. The highest BCUT2D eigenvalue weighted by Gasteiger charge is 2.10. The molecule has 2 rings (SSSR count). The monoisotopic (exact) mass is 254 g/mol. The van der Waals surface area contributed by atoms with E-state index in [1.165, 1.54) is 0 Å². The van der Waals surface area contributed by atoms with Crippen LogP contribution in [0.5, 0.6) is 0 Å². The largest absolute Gasteiger partial charge is 0.391 e. The first kappa shape index (κ1) is 13.4. The molecule has 98 valence electrons. The van der Waals surface area contributed by atoms with Crippen molar-refractivity contribution in [1.82, 2.24) is 0 Å². The molecule has 2 aromatic rings. The van der Waals surface area contributed by atoms with Gasteiger partial charge in [0.25, 0.3) is 0 Å². The molecule has 3 nitrogen and oxygen atoms in total. The summed E-state index contributed by atoms with van der Waals surface area (Å²) < 4.78 is 0. The predicted octanol–water partition coefficient (Wildman–Crippen LogP) is 3.14. The highest BCUT2D eigenvalue weighted by Crippen LogP contribution is 2.26. The van der Waals surface area contributed by atoms with E-state index in [-0.39, 0.29) is 12.0 Å². The molecule has 3 heteroatoms. The lowest BCUT2D eigenvalue weighted by atomic mass is 10.0. The molecule has 0 aliphatic rings. The Kier molecular flexibility index (Phi) is 4.03. The van der Waals surface area contributed by atoms with Crippen LogP contribution in [0.1, 0.15) is 19.4 Å². The van der Waals surface area contributed by atoms with Gasteiger partial charge in [0.15, 0.2) is 0 Å². The summed E-state index contributed by atoms with van der Waals surface area (Å²) in [4.78, 5) is 0. The summed E-state index contributed by atoms with van der Waals surface area (Å²) in [7, 11) is 0. The second-order valence-corrected chi connectivity index (χ2v) is 5.01. The molecule has 0 aliphatic heterocycles. The Labute approximate surface area is 113 Å². The van der Waals surface area contributed by atoms with Crippen molar-refractivity contribution in [2.45, 2.75) is 20.0 Å². The number of hydrogen-bond donors (Lipinski definition) is 2. The van der Waals surface area contributed by atoms with Gasteiger partial charge in [-0.25, -0.2) is 0 Å². The minimum atomic E-state index is -0.380. The number of nitrogens with one attached hydrogen (secondary N) is 1. The van der Waals surface area contributed by atoms with Gasteiger partial charge < -0.3 is 10.4 Å². The highest BCUT2D eigenvalue weighted by molar-refractivity contribution is 5.97. The number of nitrogens with zero attached hydrogens (tertiary/aromatic N) is 1. The fourth-order valence-corrected chi connectivity index (χ4v) is 2.00. The zero-order chi connectivity index (χ0) is 13.8. The van der Waals surface area contributed by atoms with Crippen molar-refractivity contribution >= 4 is 16.5 Å². The number of fused-ring (bicyclic) bond motifs is 1. The molecule has 0 spiro atoms. The average Bonchev–Trinajstić information content (AvgIpc) is 2.44. The molecule has 2 N–H and O–H groups in total. The molecule has 0 saturated carbocycles. The molecule has 0 saturated heterocycles. The molecule has 0 radical (unpaired) electrons. The number of aliphatic hydroxyl groups is 1. The Hall–Kier alpha value is -2.05. The molecule has 1 unspecified atom stereocenters. The van der Waals surface area contributed by atoms with Gasteiger partial charge in [-0.15, -0.1) is 0 Å². The lowest BCUT2D eigenvalue weighted by molar-refractivity contribution is 0.138.